The molecule has 0 atom stereocenters. The van der Waals surface area contributed by atoms with E-state index in [1.807, 2.05) is 36.4 Å². The van der Waals surface area contributed by atoms with Crippen LogP contribution in [0, 0.1) is 11.3 Å². The van der Waals surface area contributed by atoms with Gasteiger partial charge in [0.25, 0.3) is 5.56 Å². The molecule has 4 aromatic rings. The Morgan fingerprint density at radius 1 is 0.966 bits per heavy atom. The summed E-state index contributed by atoms with van der Waals surface area (Å²) in [5, 5.41) is 13.4. The Bertz CT molecular complexity index is 1250. The summed E-state index contributed by atoms with van der Waals surface area (Å²) in [7, 11) is 0. The van der Waals surface area contributed by atoms with Gasteiger partial charge in [-0.2, -0.15) is 10.4 Å². The molecule has 2 heterocycles. The molecule has 2 aromatic carbocycles. The number of benzene rings is 2. The van der Waals surface area contributed by atoms with Gasteiger partial charge in [-0.15, -0.1) is 0 Å². The lowest BCUT2D eigenvalue weighted by molar-refractivity contribution is 0.643. The summed E-state index contributed by atoms with van der Waals surface area (Å²) in [5.41, 5.74) is 9.74. The summed E-state index contributed by atoms with van der Waals surface area (Å²) in [6, 6.07) is 20.0. The van der Waals surface area contributed by atoms with Crippen LogP contribution in [0.5, 0.6) is 0 Å². The molecule has 4 rings (SSSR count). The number of nitrogens with two attached hydrogens (primary N) is 1. The van der Waals surface area contributed by atoms with Crippen LogP contribution in [0.3, 0.4) is 0 Å². The smallest absolute Gasteiger partial charge is 0.267 e. The van der Waals surface area contributed by atoms with Gasteiger partial charge in [-0.25, -0.2) is 14.6 Å². The zero-order chi connectivity index (χ0) is 20.2. The predicted molar refractivity (Wildman–Crippen MR) is 110 cm³/mol. The van der Waals surface area contributed by atoms with Crippen LogP contribution in [0.1, 0.15) is 11.1 Å². The van der Waals surface area contributed by atoms with Crippen molar-refractivity contribution in [1.82, 2.24) is 19.7 Å². The second-order valence-corrected chi connectivity index (χ2v) is 6.44. The third kappa shape index (κ3) is 4.01. The minimum Gasteiger partial charge on any atom is -0.396 e. The first kappa shape index (κ1) is 18.1. The third-order valence-corrected chi connectivity index (χ3v) is 4.37. The van der Waals surface area contributed by atoms with Gasteiger partial charge in [-0.1, -0.05) is 30.3 Å². The molecule has 29 heavy (non-hydrogen) atoms. The van der Waals surface area contributed by atoms with E-state index in [2.05, 4.69) is 21.1 Å². The van der Waals surface area contributed by atoms with Crippen LogP contribution in [0.4, 0.5) is 5.69 Å². The third-order valence-electron chi connectivity index (χ3n) is 4.37. The number of rotatable bonds is 4. The topological polar surface area (TPSA) is 110 Å². The van der Waals surface area contributed by atoms with Gasteiger partial charge < -0.3 is 5.73 Å². The van der Waals surface area contributed by atoms with Crippen LogP contribution in [0.25, 0.3) is 22.6 Å². The van der Waals surface area contributed by atoms with Crippen molar-refractivity contribution in [2.45, 2.75) is 6.54 Å². The molecule has 0 saturated heterocycles. The Balaban J connectivity index is 1.64. The van der Waals surface area contributed by atoms with E-state index >= 15 is 0 Å². The maximum absolute atomic E-state index is 12.3. The van der Waals surface area contributed by atoms with E-state index in [1.54, 1.807) is 30.6 Å². The number of nitrogens with zero attached hydrogens (tertiary/aromatic N) is 5. The van der Waals surface area contributed by atoms with Crippen LogP contribution >= 0.6 is 0 Å². The van der Waals surface area contributed by atoms with Crippen molar-refractivity contribution in [2.24, 2.45) is 0 Å². The second-order valence-electron chi connectivity index (χ2n) is 6.44. The van der Waals surface area contributed by atoms with Gasteiger partial charge in [0.05, 0.1) is 42.0 Å². The van der Waals surface area contributed by atoms with E-state index in [4.69, 9.17) is 11.0 Å². The molecule has 0 radical (unpaired) electrons. The normalized spacial score (nSPS) is 10.4. The Morgan fingerprint density at radius 3 is 2.45 bits per heavy atom. The summed E-state index contributed by atoms with van der Waals surface area (Å²) in [5.74, 6) is 0.563. The average Bonchev–Trinajstić information content (AvgIpc) is 2.76. The lowest BCUT2D eigenvalue weighted by Gasteiger charge is -2.09. The van der Waals surface area contributed by atoms with Gasteiger partial charge in [0, 0.05) is 17.2 Å². The molecule has 0 bridgehead atoms. The molecule has 0 unspecified atom stereocenters. The maximum atomic E-state index is 12.3. The Kier molecular flexibility index (Phi) is 4.82. The molecule has 7 nitrogen and oxygen atoms in total. The first-order valence-corrected chi connectivity index (χ1v) is 8.88. The highest BCUT2D eigenvalue weighted by molar-refractivity contribution is 5.59. The van der Waals surface area contributed by atoms with E-state index < -0.39 is 0 Å². The van der Waals surface area contributed by atoms with Crippen LogP contribution in [-0.2, 0) is 6.54 Å². The average molecular weight is 380 g/mol. The molecular weight excluding hydrogens is 364 g/mol. The van der Waals surface area contributed by atoms with E-state index in [0.29, 0.717) is 29.3 Å². The van der Waals surface area contributed by atoms with Crippen molar-refractivity contribution in [3.8, 4) is 28.7 Å². The summed E-state index contributed by atoms with van der Waals surface area (Å²) < 4.78 is 1.41. The summed E-state index contributed by atoms with van der Waals surface area (Å²) >= 11 is 0. The van der Waals surface area contributed by atoms with E-state index in [1.165, 1.54) is 10.7 Å². The zero-order valence-corrected chi connectivity index (χ0v) is 15.4. The molecule has 0 aliphatic heterocycles. The summed E-state index contributed by atoms with van der Waals surface area (Å²) in [6.45, 7) is 0.311. The van der Waals surface area contributed by atoms with Crippen molar-refractivity contribution in [2.75, 3.05) is 5.73 Å². The Hall–Kier alpha value is -4.31. The SMILES string of the molecule is N#Cc1ccc(-c2ccc(=O)n(Cc3cccc(-c4ncc(N)cn4)c3)n2)cc1. The predicted octanol–water partition coefficient (Wildman–Crippen LogP) is 2.87. The van der Waals surface area contributed by atoms with Gasteiger partial charge in [0.15, 0.2) is 5.82 Å². The highest BCUT2D eigenvalue weighted by atomic mass is 16.1. The van der Waals surface area contributed by atoms with E-state index in [9.17, 15) is 4.79 Å². The largest absolute Gasteiger partial charge is 0.396 e. The fourth-order valence-electron chi connectivity index (χ4n) is 2.90. The Labute approximate surface area is 166 Å². The summed E-state index contributed by atoms with van der Waals surface area (Å²) in [6.07, 6.45) is 3.12. The van der Waals surface area contributed by atoms with Gasteiger partial charge in [0.2, 0.25) is 0 Å². The van der Waals surface area contributed by atoms with Crippen LogP contribution in [0.2, 0.25) is 0 Å². The van der Waals surface area contributed by atoms with Crippen molar-refractivity contribution in [3.63, 3.8) is 0 Å². The Morgan fingerprint density at radius 2 is 1.72 bits per heavy atom. The van der Waals surface area contributed by atoms with Gasteiger partial charge in [-0.3, -0.25) is 4.79 Å². The second kappa shape index (κ2) is 7.74. The lowest BCUT2D eigenvalue weighted by atomic mass is 10.1. The molecule has 140 valence electrons. The number of hydrogen-bond donors (Lipinski definition) is 1. The van der Waals surface area contributed by atoms with Crippen molar-refractivity contribution in [1.29, 1.82) is 5.26 Å². The fourth-order valence-corrected chi connectivity index (χ4v) is 2.90. The first-order valence-electron chi connectivity index (χ1n) is 8.88. The van der Waals surface area contributed by atoms with E-state index in [0.717, 1.165) is 16.7 Å². The van der Waals surface area contributed by atoms with Gasteiger partial charge in [0.1, 0.15) is 0 Å². The zero-order valence-electron chi connectivity index (χ0n) is 15.4. The number of aromatic nitrogens is 4. The molecular formula is C22H16N6O. The van der Waals surface area contributed by atoms with Gasteiger partial charge in [-0.05, 0) is 29.8 Å². The van der Waals surface area contributed by atoms with Crippen LogP contribution in [0.15, 0.2) is 77.9 Å². The summed E-state index contributed by atoms with van der Waals surface area (Å²) in [4.78, 5) is 20.8. The highest BCUT2D eigenvalue weighted by Crippen LogP contribution is 2.18. The number of nitriles is 1. The molecule has 0 saturated carbocycles. The van der Waals surface area contributed by atoms with Gasteiger partial charge >= 0.3 is 0 Å². The van der Waals surface area contributed by atoms with Crippen LogP contribution < -0.4 is 11.3 Å². The quantitative estimate of drug-likeness (QED) is 0.583. The first-order chi connectivity index (χ1) is 14.1. The molecule has 0 spiro atoms. The van der Waals surface area contributed by atoms with Crippen molar-refractivity contribution >= 4 is 5.69 Å². The minimum absolute atomic E-state index is 0.198. The number of hydrogen-bond acceptors (Lipinski definition) is 6. The van der Waals surface area contributed by atoms with E-state index in [-0.39, 0.29) is 5.56 Å². The maximum Gasteiger partial charge on any atom is 0.267 e. The van der Waals surface area contributed by atoms with Crippen LogP contribution in [-0.4, -0.2) is 19.7 Å². The number of anilines is 1. The molecule has 2 aromatic heterocycles. The number of nitrogen functional groups attached to an aromatic ring is 1. The molecule has 2 N–H and O–H groups in total. The van der Waals surface area contributed by atoms with Crippen molar-refractivity contribution < 1.29 is 0 Å². The van der Waals surface area contributed by atoms with Crippen molar-refractivity contribution in [3.05, 3.63) is 94.5 Å². The minimum atomic E-state index is -0.198. The highest BCUT2D eigenvalue weighted by Gasteiger charge is 2.07. The lowest BCUT2D eigenvalue weighted by Crippen LogP contribution is -2.22. The fraction of sp³-hybridized carbons (Fsp3) is 0.0455. The monoisotopic (exact) mass is 380 g/mol. The molecule has 7 heteroatoms. The standard InChI is InChI=1S/C22H16N6O/c23-11-15-4-6-17(7-5-15)20-8-9-21(29)28(27-20)14-16-2-1-3-18(10-16)22-25-12-19(24)13-26-22/h1-10,12-13H,14,24H2. The molecule has 0 aliphatic carbocycles. The molecule has 0 aliphatic rings. The molecule has 0 amide bonds. The molecule has 0 fully saturated rings.